The molecule has 35 heavy (non-hydrogen) atoms. The van der Waals surface area contributed by atoms with Crippen LogP contribution in [0.25, 0.3) is 0 Å². The molecule has 0 amide bonds. The Morgan fingerprint density at radius 2 is 1.17 bits per heavy atom. The van der Waals surface area contributed by atoms with Gasteiger partial charge < -0.3 is 28.4 Å². The largest absolute Gasteiger partial charge is 0.493 e. The molecule has 2 aliphatic rings. The fourth-order valence-electron chi connectivity index (χ4n) is 5.42. The van der Waals surface area contributed by atoms with Gasteiger partial charge in [-0.25, -0.2) is 0 Å². The minimum absolute atomic E-state index is 0.463. The monoisotopic (exact) mass is 485 g/mol. The molecule has 2 unspecified atom stereocenters. The first kappa shape index (κ1) is 24.8. The summed E-state index contributed by atoms with van der Waals surface area (Å²) in [5.74, 6) is 3.93. The molecule has 1 saturated carbocycles. The number of methoxy groups -OCH3 is 6. The van der Waals surface area contributed by atoms with Crippen LogP contribution >= 0.6 is 0 Å². The molecule has 2 atom stereocenters. The lowest BCUT2D eigenvalue weighted by Crippen LogP contribution is -2.40. The zero-order chi connectivity index (χ0) is 24.9. The molecule has 2 aromatic carbocycles. The molecule has 2 aromatic rings. The first-order chi connectivity index (χ1) is 17.1. The number of rotatable bonds is 10. The van der Waals surface area contributed by atoms with Crippen molar-refractivity contribution in [1.29, 1.82) is 0 Å². The number of hydrogen-bond donors (Lipinski definition) is 0. The van der Waals surface area contributed by atoms with Crippen LogP contribution < -0.4 is 28.4 Å². The van der Waals surface area contributed by atoms with E-state index in [4.69, 9.17) is 28.4 Å². The van der Waals surface area contributed by atoms with Gasteiger partial charge in [0.1, 0.15) is 25.2 Å². The Labute approximate surface area is 207 Å². The second kappa shape index (κ2) is 11.0. The number of ether oxygens (including phenoxy) is 6. The third kappa shape index (κ3) is 4.92. The van der Waals surface area contributed by atoms with Gasteiger partial charge in [-0.2, -0.15) is 0 Å². The van der Waals surface area contributed by atoms with Crippen molar-refractivity contribution in [2.75, 3.05) is 42.7 Å². The minimum atomic E-state index is 0.463. The van der Waals surface area contributed by atoms with E-state index in [0.717, 1.165) is 24.2 Å². The summed E-state index contributed by atoms with van der Waals surface area (Å²) in [5, 5.41) is 0. The Hall–Kier alpha value is -3.29. The highest BCUT2D eigenvalue weighted by molar-refractivity contribution is 5.57. The van der Waals surface area contributed by atoms with Crippen LogP contribution in [0.1, 0.15) is 36.8 Å². The van der Waals surface area contributed by atoms with Crippen LogP contribution in [-0.2, 0) is 13.1 Å². The summed E-state index contributed by atoms with van der Waals surface area (Å²) >= 11 is 0. The summed E-state index contributed by atoms with van der Waals surface area (Å²) in [5.41, 5.74) is 2.24. The van der Waals surface area contributed by atoms with Crippen LogP contribution in [0.3, 0.4) is 0 Å². The van der Waals surface area contributed by atoms with Crippen LogP contribution in [0.5, 0.6) is 34.5 Å². The molecule has 1 heterocycles. The van der Waals surface area contributed by atoms with Gasteiger partial charge >= 0.3 is 0 Å². The zero-order valence-electron chi connectivity index (χ0n) is 21.6. The summed E-state index contributed by atoms with van der Waals surface area (Å²) in [6.45, 7) is 1.53. The highest BCUT2D eigenvalue weighted by Gasteiger charge is 2.43. The maximum Gasteiger partial charge on any atom is 0.235 e. The third-order valence-corrected chi connectivity index (χ3v) is 7.02. The number of nitrogens with zero attached hydrogens (tertiary/aromatic N) is 2. The molecule has 0 bridgehead atoms. The summed E-state index contributed by atoms with van der Waals surface area (Å²) in [4.78, 5) is 2.46. The zero-order valence-corrected chi connectivity index (χ0v) is 21.6. The lowest BCUT2D eigenvalue weighted by Gasteiger charge is -2.27. The Balaban J connectivity index is 1.63. The molecule has 4 rings (SSSR count). The predicted molar refractivity (Wildman–Crippen MR) is 134 cm³/mol. The molecule has 190 valence electrons. The van der Waals surface area contributed by atoms with E-state index in [1.165, 1.54) is 25.7 Å². The average Bonchev–Trinajstić information content (AvgIpc) is 3.23. The molecule has 8 heteroatoms. The molecule has 0 spiro atoms. The Bertz CT molecular complexity index is 1020. The molecule has 0 N–H and O–H groups in total. The summed E-state index contributed by atoms with van der Waals surface area (Å²) in [6.07, 6.45) is 7.14. The van der Waals surface area contributed by atoms with Gasteiger partial charge in [-0.3, -0.25) is 9.48 Å². The van der Waals surface area contributed by atoms with Crippen molar-refractivity contribution in [3.63, 3.8) is 0 Å². The highest BCUT2D eigenvalue weighted by atomic mass is 16.5. The van der Waals surface area contributed by atoms with Gasteiger partial charge in [0.25, 0.3) is 0 Å². The molecule has 1 aliphatic heterocycles. The number of fused-ring (bicyclic) bond motifs is 1. The smallest absolute Gasteiger partial charge is 0.235 e. The Morgan fingerprint density at radius 1 is 0.686 bits per heavy atom. The molecule has 0 saturated heterocycles. The molecule has 1 aliphatic carbocycles. The van der Waals surface area contributed by atoms with E-state index in [-0.39, 0.29) is 0 Å². The van der Waals surface area contributed by atoms with E-state index in [0.29, 0.717) is 46.6 Å². The van der Waals surface area contributed by atoms with Crippen LogP contribution in [0.4, 0.5) is 0 Å². The summed E-state index contributed by atoms with van der Waals surface area (Å²) < 4.78 is 35.8. The topological polar surface area (TPSA) is 61.6 Å². The average molecular weight is 486 g/mol. The SMILES string of the molecule is COc1cc(CN2C=[N+](Cc3cc(OC)c(OC)c(OC)c3)C3CCCCC32)cc(OC)c1OC. The Kier molecular flexibility index (Phi) is 7.78. The number of benzene rings is 2. The van der Waals surface area contributed by atoms with Crippen LogP contribution in [0.2, 0.25) is 0 Å². The lowest BCUT2D eigenvalue weighted by atomic mass is 9.89. The van der Waals surface area contributed by atoms with Gasteiger partial charge in [0.15, 0.2) is 23.0 Å². The third-order valence-electron chi connectivity index (χ3n) is 7.02. The van der Waals surface area contributed by atoms with E-state index in [9.17, 15) is 0 Å². The predicted octanol–water partition coefficient (Wildman–Crippen LogP) is 4.11. The quantitative estimate of drug-likeness (QED) is 0.470. The Morgan fingerprint density at radius 3 is 1.66 bits per heavy atom. The van der Waals surface area contributed by atoms with E-state index in [1.807, 2.05) is 24.3 Å². The molecule has 0 aromatic heterocycles. The second-order valence-electron chi connectivity index (χ2n) is 8.95. The van der Waals surface area contributed by atoms with Gasteiger partial charge in [-0.05, 0) is 49.9 Å². The normalized spacial score (nSPS) is 19.0. The van der Waals surface area contributed by atoms with Crippen molar-refractivity contribution in [2.24, 2.45) is 0 Å². The van der Waals surface area contributed by atoms with Crippen molar-refractivity contribution >= 4 is 6.34 Å². The molecule has 8 nitrogen and oxygen atoms in total. The lowest BCUT2D eigenvalue weighted by molar-refractivity contribution is -0.573. The maximum absolute atomic E-state index is 5.58. The van der Waals surface area contributed by atoms with E-state index in [2.05, 4.69) is 15.8 Å². The van der Waals surface area contributed by atoms with Crippen LogP contribution in [0, 0.1) is 0 Å². The van der Waals surface area contributed by atoms with Crippen LogP contribution in [0.15, 0.2) is 24.3 Å². The van der Waals surface area contributed by atoms with E-state index < -0.39 is 0 Å². The van der Waals surface area contributed by atoms with Crippen molar-refractivity contribution < 1.29 is 33.0 Å². The van der Waals surface area contributed by atoms with E-state index in [1.54, 1.807) is 42.7 Å². The fraction of sp³-hybridized carbons (Fsp3) is 0.519. The minimum Gasteiger partial charge on any atom is -0.493 e. The van der Waals surface area contributed by atoms with Crippen molar-refractivity contribution in [2.45, 2.75) is 50.9 Å². The van der Waals surface area contributed by atoms with Crippen molar-refractivity contribution in [1.82, 2.24) is 4.90 Å². The van der Waals surface area contributed by atoms with Crippen molar-refractivity contribution in [3.05, 3.63) is 35.4 Å². The number of hydrogen-bond acceptors (Lipinski definition) is 7. The second-order valence-corrected chi connectivity index (χ2v) is 8.95. The summed E-state index contributed by atoms with van der Waals surface area (Å²) in [6, 6.07) is 9.07. The maximum atomic E-state index is 5.58. The first-order valence-electron chi connectivity index (χ1n) is 12.0. The standard InChI is InChI=1S/C27H37N2O6/c1-30-22-11-18(12-23(31-2)26(22)34-5)15-28-17-29(21-10-8-7-9-20(21)28)16-19-13-24(32-3)27(35-6)25(14-19)33-4/h11-14,17,20-21H,7-10,15-16H2,1-6H3/q+1. The van der Waals surface area contributed by atoms with Crippen molar-refractivity contribution in [3.8, 4) is 34.5 Å². The van der Waals surface area contributed by atoms with Gasteiger partial charge in [-0.15, -0.1) is 0 Å². The van der Waals surface area contributed by atoms with Gasteiger partial charge in [0.05, 0.1) is 42.7 Å². The highest BCUT2D eigenvalue weighted by Crippen LogP contribution is 2.41. The summed E-state index contributed by atoms with van der Waals surface area (Å²) in [7, 11) is 9.86. The van der Waals surface area contributed by atoms with Gasteiger partial charge in [0, 0.05) is 11.1 Å². The van der Waals surface area contributed by atoms with Gasteiger partial charge in [-0.1, -0.05) is 0 Å². The first-order valence-corrected chi connectivity index (χ1v) is 12.0. The molecule has 0 radical (unpaired) electrons. The van der Waals surface area contributed by atoms with Gasteiger partial charge in [0.2, 0.25) is 17.8 Å². The van der Waals surface area contributed by atoms with E-state index >= 15 is 0 Å². The molecular weight excluding hydrogens is 448 g/mol. The molecular formula is C27H37N2O6+. The fourth-order valence-corrected chi connectivity index (χ4v) is 5.42. The van der Waals surface area contributed by atoms with Crippen LogP contribution in [-0.4, -0.2) is 70.6 Å². The molecule has 1 fully saturated rings.